The van der Waals surface area contributed by atoms with Crippen LogP contribution < -0.4 is 0 Å². The van der Waals surface area contributed by atoms with Crippen molar-refractivity contribution in [1.82, 2.24) is 9.97 Å². The van der Waals surface area contributed by atoms with Crippen molar-refractivity contribution >= 4 is 33.7 Å². The number of carboxylic acids is 1. The third-order valence-electron chi connectivity index (χ3n) is 3.40. The molecule has 1 aliphatic carbocycles. The molecule has 6 heteroatoms. The molecule has 2 aromatic heterocycles. The number of nitrogens with zero attached hydrogens (tertiary/aromatic N) is 2. The van der Waals surface area contributed by atoms with Crippen LogP contribution >= 0.6 is 27.7 Å². The van der Waals surface area contributed by atoms with E-state index in [-0.39, 0.29) is 5.56 Å². The normalized spacial score (nSPS) is 13.8. The molecule has 0 amide bonds. The Hall–Kier alpha value is -1.40. The minimum absolute atomic E-state index is 0.269. The molecule has 0 bridgehead atoms. The van der Waals surface area contributed by atoms with Crippen molar-refractivity contribution in [2.45, 2.75) is 35.7 Å². The Morgan fingerprint density at radius 2 is 2.10 bits per heavy atom. The summed E-state index contributed by atoms with van der Waals surface area (Å²) >= 11 is 4.64. The molecule has 1 aliphatic rings. The van der Waals surface area contributed by atoms with Crippen molar-refractivity contribution in [2.75, 3.05) is 0 Å². The van der Waals surface area contributed by atoms with Gasteiger partial charge in [0.05, 0.1) is 5.56 Å². The highest BCUT2D eigenvalue weighted by atomic mass is 79.9. The summed E-state index contributed by atoms with van der Waals surface area (Å²) in [6.45, 7) is 0. The number of fused-ring (bicyclic) bond motifs is 1. The molecular formula is C15H13BrN2O2S. The lowest BCUT2D eigenvalue weighted by Crippen LogP contribution is -2.10. The van der Waals surface area contributed by atoms with E-state index in [1.54, 1.807) is 12.3 Å². The van der Waals surface area contributed by atoms with Crippen molar-refractivity contribution in [3.63, 3.8) is 0 Å². The summed E-state index contributed by atoms with van der Waals surface area (Å²) in [5.74, 6) is -0.935. The molecule has 108 valence electrons. The van der Waals surface area contributed by atoms with E-state index in [1.807, 2.05) is 12.1 Å². The number of halogens is 1. The first-order valence-electron chi connectivity index (χ1n) is 6.69. The van der Waals surface area contributed by atoms with E-state index in [2.05, 4.69) is 25.9 Å². The van der Waals surface area contributed by atoms with Gasteiger partial charge in [-0.2, -0.15) is 0 Å². The maximum absolute atomic E-state index is 11.5. The monoisotopic (exact) mass is 364 g/mol. The van der Waals surface area contributed by atoms with Gasteiger partial charge in [-0.15, -0.1) is 0 Å². The number of pyridine rings is 2. The summed E-state index contributed by atoms with van der Waals surface area (Å²) in [5, 5.41) is 10.7. The lowest BCUT2D eigenvalue weighted by Gasteiger charge is -2.17. The van der Waals surface area contributed by atoms with Crippen LogP contribution in [0.3, 0.4) is 0 Å². The first-order valence-corrected chi connectivity index (χ1v) is 8.30. The smallest absolute Gasteiger partial charge is 0.338 e. The van der Waals surface area contributed by atoms with Crippen LogP contribution in [0.5, 0.6) is 0 Å². The predicted molar refractivity (Wildman–Crippen MR) is 83.9 cm³/mol. The van der Waals surface area contributed by atoms with Gasteiger partial charge in [0.15, 0.2) is 0 Å². The van der Waals surface area contributed by atoms with Crippen LogP contribution in [0.15, 0.2) is 38.9 Å². The van der Waals surface area contributed by atoms with Gasteiger partial charge in [-0.3, -0.25) is 0 Å². The number of carbonyl (C=O) groups is 1. The van der Waals surface area contributed by atoms with Crippen LogP contribution in [-0.2, 0) is 12.8 Å². The molecule has 0 saturated carbocycles. The number of carboxylic acid groups (broad SMARTS) is 1. The molecule has 0 fully saturated rings. The van der Waals surface area contributed by atoms with Crippen LogP contribution in [-0.4, -0.2) is 21.0 Å². The number of hydrogen-bond acceptors (Lipinski definition) is 4. The zero-order valence-corrected chi connectivity index (χ0v) is 13.6. The molecule has 0 radical (unpaired) electrons. The van der Waals surface area contributed by atoms with Crippen molar-refractivity contribution in [3.05, 3.63) is 45.7 Å². The second-order valence-electron chi connectivity index (χ2n) is 4.88. The van der Waals surface area contributed by atoms with E-state index in [1.165, 1.54) is 11.8 Å². The van der Waals surface area contributed by atoms with Gasteiger partial charge in [-0.05, 0) is 77.1 Å². The molecule has 0 saturated heterocycles. The fourth-order valence-electron chi connectivity index (χ4n) is 2.37. The molecule has 4 nitrogen and oxygen atoms in total. The van der Waals surface area contributed by atoms with E-state index in [4.69, 9.17) is 0 Å². The molecular weight excluding hydrogens is 352 g/mol. The van der Waals surface area contributed by atoms with Crippen LogP contribution in [0.1, 0.15) is 34.5 Å². The second-order valence-corrected chi connectivity index (χ2v) is 6.80. The third kappa shape index (κ3) is 3.27. The van der Waals surface area contributed by atoms with Crippen LogP contribution in [0, 0.1) is 0 Å². The van der Waals surface area contributed by atoms with Gasteiger partial charge in [0.1, 0.15) is 10.1 Å². The van der Waals surface area contributed by atoms with E-state index in [9.17, 15) is 9.90 Å². The molecule has 3 rings (SSSR count). The topological polar surface area (TPSA) is 63.1 Å². The average molecular weight is 365 g/mol. The SMILES string of the molecule is O=C(O)c1cc2c(nc1Sc1ccc(Br)cn1)CCCC2. The summed E-state index contributed by atoms with van der Waals surface area (Å²) in [4.78, 5) is 20.3. The molecule has 1 N–H and O–H groups in total. The van der Waals surface area contributed by atoms with Gasteiger partial charge in [0.25, 0.3) is 0 Å². The number of hydrogen-bond donors (Lipinski definition) is 1. The molecule has 0 aromatic carbocycles. The van der Waals surface area contributed by atoms with E-state index in [0.29, 0.717) is 5.03 Å². The van der Waals surface area contributed by atoms with E-state index in [0.717, 1.165) is 46.4 Å². The number of aromatic carboxylic acids is 1. The van der Waals surface area contributed by atoms with Gasteiger partial charge < -0.3 is 5.11 Å². The Balaban J connectivity index is 1.99. The lowest BCUT2D eigenvalue weighted by atomic mass is 9.95. The summed E-state index contributed by atoms with van der Waals surface area (Å²) < 4.78 is 0.892. The first-order chi connectivity index (χ1) is 10.1. The number of rotatable bonds is 3. The highest BCUT2D eigenvalue weighted by Crippen LogP contribution is 2.31. The highest BCUT2D eigenvalue weighted by molar-refractivity contribution is 9.10. The fourth-order valence-corrected chi connectivity index (χ4v) is 3.45. The maximum atomic E-state index is 11.5. The van der Waals surface area contributed by atoms with Crippen LogP contribution in [0.4, 0.5) is 0 Å². The molecule has 0 unspecified atom stereocenters. The highest BCUT2D eigenvalue weighted by Gasteiger charge is 2.19. The molecule has 21 heavy (non-hydrogen) atoms. The summed E-state index contributed by atoms with van der Waals surface area (Å²) in [7, 11) is 0. The zero-order valence-electron chi connectivity index (χ0n) is 11.2. The second kappa shape index (κ2) is 6.15. The van der Waals surface area contributed by atoms with Crippen LogP contribution in [0.25, 0.3) is 0 Å². The maximum Gasteiger partial charge on any atom is 0.338 e. The van der Waals surface area contributed by atoms with Gasteiger partial charge in [0.2, 0.25) is 0 Å². The van der Waals surface area contributed by atoms with Crippen molar-refractivity contribution in [3.8, 4) is 0 Å². The van der Waals surface area contributed by atoms with Crippen molar-refractivity contribution < 1.29 is 9.90 Å². The minimum atomic E-state index is -0.935. The summed E-state index contributed by atoms with van der Waals surface area (Å²) in [5.41, 5.74) is 2.38. The Bertz CT molecular complexity index is 689. The number of aryl methyl sites for hydroxylation is 2. The third-order valence-corrected chi connectivity index (χ3v) is 4.82. The lowest BCUT2D eigenvalue weighted by molar-refractivity contribution is 0.0692. The zero-order chi connectivity index (χ0) is 14.8. The molecule has 0 spiro atoms. The Kier molecular flexibility index (Phi) is 4.26. The summed E-state index contributed by atoms with van der Waals surface area (Å²) in [6.07, 6.45) is 5.77. The fraction of sp³-hybridized carbons (Fsp3) is 0.267. The Morgan fingerprint density at radius 3 is 2.81 bits per heavy atom. The van der Waals surface area contributed by atoms with E-state index >= 15 is 0 Å². The van der Waals surface area contributed by atoms with Gasteiger partial charge in [0, 0.05) is 16.4 Å². The van der Waals surface area contributed by atoms with Crippen LogP contribution in [0.2, 0.25) is 0 Å². The quantitative estimate of drug-likeness (QED) is 0.892. The van der Waals surface area contributed by atoms with Crippen molar-refractivity contribution in [1.29, 1.82) is 0 Å². The minimum Gasteiger partial charge on any atom is -0.478 e. The van der Waals surface area contributed by atoms with Gasteiger partial charge in [-0.1, -0.05) is 0 Å². The van der Waals surface area contributed by atoms with Gasteiger partial charge >= 0.3 is 5.97 Å². The largest absolute Gasteiger partial charge is 0.478 e. The molecule has 0 aliphatic heterocycles. The van der Waals surface area contributed by atoms with Crippen molar-refractivity contribution in [2.24, 2.45) is 0 Å². The predicted octanol–water partition coefficient (Wildman–Crippen LogP) is 3.97. The average Bonchev–Trinajstić information content (AvgIpc) is 2.48. The van der Waals surface area contributed by atoms with E-state index < -0.39 is 5.97 Å². The Morgan fingerprint density at radius 1 is 1.29 bits per heavy atom. The Labute approximate surface area is 135 Å². The molecule has 0 atom stereocenters. The first kappa shape index (κ1) is 14.5. The number of aromatic nitrogens is 2. The van der Waals surface area contributed by atoms with Gasteiger partial charge in [-0.25, -0.2) is 14.8 Å². The molecule has 2 aromatic rings. The standard InChI is InChI=1S/C15H13BrN2O2S/c16-10-5-6-13(17-8-10)21-14-11(15(19)20)7-9-3-1-2-4-12(9)18-14/h5-8H,1-4H2,(H,19,20). The summed E-state index contributed by atoms with van der Waals surface area (Å²) in [6, 6.07) is 5.51. The molecule has 2 heterocycles.